The minimum absolute atomic E-state index is 0.569. The fourth-order valence-electron chi connectivity index (χ4n) is 2.68. The SMILES string of the molecule is CS(C)(C)CNc1ccc(Br)cc1C1=Cc2ccccc2C1. The zero-order valence-electron chi connectivity index (χ0n) is 13.3. The van der Waals surface area contributed by atoms with Gasteiger partial charge in [-0.1, -0.05) is 46.3 Å². The van der Waals surface area contributed by atoms with E-state index in [2.05, 4.69) is 88.6 Å². The Morgan fingerprint density at radius 2 is 1.86 bits per heavy atom. The molecule has 0 amide bonds. The topological polar surface area (TPSA) is 12.0 Å². The molecule has 3 rings (SSSR count). The van der Waals surface area contributed by atoms with Crippen LogP contribution >= 0.6 is 26.0 Å². The number of anilines is 1. The van der Waals surface area contributed by atoms with Crippen LogP contribution in [0.25, 0.3) is 11.6 Å². The van der Waals surface area contributed by atoms with E-state index in [4.69, 9.17) is 0 Å². The molecule has 116 valence electrons. The van der Waals surface area contributed by atoms with Crippen LogP contribution in [0.2, 0.25) is 0 Å². The standard InChI is InChI=1S/C19H22BrNS/c1-22(2,3)13-21-19-9-8-17(20)12-18(19)16-10-14-6-4-5-7-15(14)11-16/h4-10,12,21H,11,13H2,1-3H3. The van der Waals surface area contributed by atoms with E-state index in [-0.39, 0.29) is 0 Å². The van der Waals surface area contributed by atoms with Gasteiger partial charge in [0, 0.05) is 21.6 Å². The van der Waals surface area contributed by atoms with Crippen LogP contribution in [0.1, 0.15) is 16.7 Å². The molecule has 2 aromatic carbocycles. The molecular formula is C19H22BrNS. The van der Waals surface area contributed by atoms with E-state index in [1.807, 2.05) is 0 Å². The molecule has 2 aromatic rings. The number of halogens is 1. The number of hydrogen-bond acceptors (Lipinski definition) is 1. The summed E-state index contributed by atoms with van der Waals surface area (Å²) < 4.78 is 1.13. The first-order valence-corrected chi connectivity index (χ1v) is 11.2. The number of nitrogens with one attached hydrogen (secondary N) is 1. The van der Waals surface area contributed by atoms with Crippen molar-refractivity contribution in [2.45, 2.75) is 6.42 Å². The van der Waals surface area contributed by atoms with E-state index in [0.29, 0.717) is 0 Å². The third-order valence-electron chi connectivity index (χ3n) is 3.79. The third-order valence-corrected chi connectivity index (χ3v) is 5.29. The normalized spacial score (nSPS) is 14.5. The number of allylic oxidation sites excluding steroid dienone is 1. The molecule has 0 atom stereocenters. The summed E-state index contributed by atoms with van der Waals surface area (Å²) >= 11 is 3.62. The molecule has 0 fully saturated rings. The predicted octanol–water partition coefficient (Wildman–Crippen LogP) is 5.61. The van der Waals surface area contributed by atoms with Crippen LogP contribution in [0, 0.1) is 0 Å². The third kappa shape index (κ3) is 3.58. The zero-order valence-corrected chi connectivity index (χ0v) is 15.7. The first-order chi connectivity index (χ1) is 10.4. The van der Waals surface area contributed by atoms with Gasteiger partial charge < -0.3 is 5.32 Å². The van der Waals surface area contributed by atoms with E-state index in [1.54, 1.807) is 0 Å². The highest BCUT2D eigenvalue weighted by molar-refractivity contribution is 9.10. The van der Waals surface area contributed by atoms with E-state index >= 15 is 0 Å². The molecule has 22 heavy (non-hydrogen) atoms. The fraction of sp³-hybridized carbons (Fsp3) is 0.263. The Morgan fingerprint density at radius 1 is 1.09 bits per heavy atom. The molecule has 0 spiro atoms. The summed E-state index contributed by atoms with van der Waals surface area (Å²) in [4.78, 5) is 0. The molecule has 3 heteroatoms. The summed E-state index contributed by atoms with van der Waals surface area (Å²) in [7, 11) is -0.569. The van der Waals surface area contributed by atoms with Crippen molar-refractivity contribution in [3.63, 3.8) is 0 Å². The van der Waals surface area contributed by atoms with Crippen LogP contribution in [0.3, 0.4) is 0 Å². The Morgan fingerprint density at radius 3 is 2.59 bits per heavy atom. The average molecular weight is 376 g/mol. The first kappa shape index (κ1) is 15.7. The highest BCUT2D eigenvalue weighted by Crippen LogP contribution is 2.39. The van der Waals surface area contributed by atoms with Crippen molar-refractivity contribution in [3.8, 4) is 0 Å². The van der Waals surface area contributed by atoms with E-state index < -0.39 is 10.0 Å². The van der Waals surface area contributed by atoms with Gasteiger partial charge in [-0.25, -0.2) is 10.0 Å². The predicted molar refractivity (Wildman–Crippen MR) is 106 cm³/mol. The van der Waals surface area contributed by atoms with Gasteiger partial charge in [-0.2, -0.15) is 0 Å². The fourth-order valence-corrected chi connectivity index (χ4v) is 3.63. The summed E-state index contributed by atoms with van der Waals surface area (Å²) in [6.45, 7) is 0. The number of benzene rings is 2. The van der Waals surface area contributed by atoms with E-state index in [0.717, 1.165) is 16.8 Å². The van der Waals surface area contributed by atoms with Gasteiger partial charge in [0.25, 0.3) is 0 Å². The lowest BCUT2D eigenvalue weighted by molar-refractivity contribution is 1.30. The molecule has 1 aliphatic carbocycles. The molecule has 0 radical (unpaired) electrons. The van der Waals surface area contributed by atoms with Crippen molar-refractivity contribution in [1.82, 2.24) is 0 Å². The van der Waals surface area contributed by atoms with Crippen LogP contribution in [0.5, 0.6) is 0 Å². The average Bonchev–Trinajstić information content (AvgIpc) is 2.88. The molecule has 0 heterocycles. The summed E-state index contributed by atoms with van der Waals surface area (Å²) in [5.74, 6) is 1.04. The highest BCUT2D eigenvalue weighted by Gasteiger charge is 2.17. The molecule has 0 aliphatic heterocycles. The van der Waals surface area contributed by atoms with Crippen molar-refractivity contribution < 1.29 is 0 Å². The molecule has 0 saturated heterocycles. The molecule has 1 aliphatic rings. The van der Waals surface area contributed by atoms with Crippen molar-refractivity contribution in [2.75, 3.05) is 30.0 Å². The lowest BCUT2D eigenvalue weighted by Gasteiger charge is -2.27. The molecule has 1 N–H and O–H groups in total. The smallest absolute Gasteiger partial charge is 0.0452 e. The van der Waals surface area contributed by atoms with Gasteiger partial charge in [0.1, 0.15) is 0 Å². The van der Waals surface area contributed by atoms with Gasteiger partial charge in [-0.15, -0.1) is 0 Å². The van der Waals surface area contributed by atoms with Gasteiger partial charge in [-0.05, 0) is 60.1 Å². The maximum absolute atomic E-state index is 3.66. The van der Waals surface area contributed by atoms with Gasteiger partial charge >= 0.3 is 0 Å². The minimum atomic E-state index is -0.569. The highest BCUT2D eigenvalue weighted by atomic mass is 79.9. The van der Waals surface area contributed by atoms with Crippen LogP contribution in [-0.2, 0) is 6.42 Å². The Balaban J connectivity index is 1.92. The van der Waals surface area contributed by atoms with Crippen LogP contribution in [0.15, 0.2) is 46.9 Å². The quantitative estimate of drug-likeness (QED) is 0.731. The van der Waals surface area contributed by atoms with Crippen LogP contribution in [-0.4, -0.2) is 24.6 Å². The summed E-state index contributed by atoms with van der Waals surface area (Å²) in [5, 5.41) is 3.66. The van der Waals surface area contributed by atoms with Crippen molar-refractivity contribution in [2.24, 2.45) is 0 Å². The summed E-state index contributed by atoms with van der Waals surface area (Å²) in [6.07, 6.45) is 10.4. The van der Waals surface area contributed by atoms with Crippen LogP contribution in [0.4, 0.5) is 5.69 Å². The molecule has 0 bridgehead atoms. The Bertz CT molecular complexity index is 728. The summed E-state index contributed by atoms with van der Waals surface area (Å²) in [6, 6.07) is 15.2. The van der Waals surface area contributed by atoms with Crippen molar-refractivity contribution in [3.05, 3.63) is 63.6 Å². The lowest BCUT2D eigenvalue weighted by atomic mass is 10.0. The monoisotopic (exact) mass is 375 g/mol. The Kier molecular flexibility index (Phi) is 4.37. The molecule has 0 saturated carbocycles. The van der Waals surface area contributed by atoms with Gasteiger partial charge in [-0.3, -0.25) is 0 Å². The van der Waals surface area contributed by atoms with E-state index in [1.165, 1.54) is 28.0 Å². The summed E-state index contributed by atoms with van der Waals surface area (Å²) in [5.41, 5.74) is 6.72. The Labute approximate surface area is 143 Å². The maximum Gasteiger partial charge on any atom is 0.0452 e. The van der Waals surface area contributed by atoms with Crippen molar-refractivity contribution in [1.29, 1.82) is 0 Å². The van der Waals surface area contributed by atoms with Crippen LogP contribution < -0.4 is 5.32 Å². The molecule has 0 unspecified atom stereocenters. The lowest BCUT2D eigenvalue weighted by Crippen LogP contribution is -2.10. The number of hydrogen-bond donors (Lipinski definition) is 1. The van der Waals surface area contributed by atoms with Gasteiger partial charge in [0.2, 0.25) is 0 Å². The molecular weight excluding hydrogens is 354 g/mol. The zero-order chi connectivity index (χ0) is 15.7. The minimum Gasteiger partial charge on any atom is -0.377 e. The van der Waals surface area contributed by atoms with Crippen molar-refractivity contribution >= 4 is 43.3 Å². The molecule has 0 aromatic heterocycles. The number of rotatable bonds is 4. The second-order valence-corrected chi connectivity index (χ2v) is 12.0. The largest absolute Gasteiger partial charge is 0.377 e. The van der Waals surface area contributed by atoms with E-state index in [9.17, 15) is 0 Å². The Hall–Kier alpha value is -1.19. The van der Waals surface area contributed by atoms with Gasteiger partial charge in [0.15, 0.2) is 0 Å². The molecule has 1 nitrogen and oxygen atoms in total. The second-order valence-electron chi connectivity index (χ2n) is 6.65. The first-order valence-electron chi connectivity index (χ1n) is 7.41. The second kappa shape index (κ2) is 6.13. The maximum atomic E-state index is 3.66. The number of fused-ring (bicyclic) bond motifs is 1. The van der Waals surface area contributed by atoms with Gasteiger partial charge in [0.05, 0.1) is 0 Å².